The number of nitrogens with zero attached hydrogens (tertiary/aromatic N) is 1. The first-order chi connectivity index (χ1) is 9.93. The molecule has 1 N–H and O–H groups in total. The van der Waals surface area contributed by atoms with E-state index < -0.39 is 11.7 Å². The smallest absolute Gasteiger partial charge is 0.371 e. The number of rotatable bonds is 4. The Morgan fingerprint density at radius 3 is 2.57 bits per heavy atom. The van der Waals surface area contributed by atoms with E-state index in [4.69, 9.17) is 0 Å². The summed E-state index contributed by atoms with van der Waals surface area (Å²) in [5, 5.41) is 3.27. The molecular weight excluding hydrogens is 277 g/mol. The largest absolute Gasteiger partial charge is 0.418 e. The third kappa shape index (κ3) is 3.51. The Hall–Kier alpha value is -1.23. The van der Waals surface area contributed by atoms with E-state index in [9.17, 15) is 13.2 Å². The molecule has 1 aliphatic carbocycles. The summed E-state index contributed by atoms with van der Waals surface area (Å²) in [6.07, 6.45) is -1.06. The fourth-order valence-corrected chi connectivity index (χ4v) is 2.90. The van der Waals surface area contributed by atoms with Crippen molar-refractivity contribution in [3.63, 3.8) is 0 Å². The number of hydrogen-bond acceptors (Lipinski definition) is 2. The van der Waals surface area contributed by atoms with Gasteiger partial charge in [0, 0.05) is 31.4 Å². The molecule has 2 aliphatic rings. The molecule has 116 valence electrons. The molecule has 0 radical (unpaired) electrons. The van der Waals surface area contributed by atoms with E-state index in [0.29, 0.717) is 42.8 Å². The van der Waals surface area contributed by atoms with Crippen LogP contribution in [0.2, 0.25) is 0 Å². The molecule has 1 aromatic rings. The molecule has 0 bridgehead atoms. The van der Waals surface area contributed by atoms with Crippen molar-refractivity contribution in [3.8, 4) is 0 Å². The van der Waals surface area contributed by atoms with Crippen molar-refractivity contribution in [2.75, 3.05) is 18.0 Å². The van der Waals surface area contributed by atoms with E-state index in [1.165, 1.54) is 6.07 Å². The highest BCUT2D eigenvalue weighted by molar-refractivity contribution is 5.57. The van der Waals surface area contributed by atoms with Gasteiger partial charge < -0.3 is 10.2 Å². The van der Waals surface area contributed by atoms with E-state index in [0.717, 1.165) is 19.3 Å². The predicted molar refractivity (Wildman–Crippen MR) is 77.3 cm³/mol. The van der Waals surface area contributed by atoms with E-state index in [1.807, 2.05) is 11.0 Å². The van der Waals surface area contributed by atoms with Crippen LogP contribution < -0.4 is 10.2 Å². The second-order valence-electron chi connectivity index (χ2n) is 6.34. The monoisotopic (exact) mass is 298 g/mol. The first-order valence-corrected chi connectivity index (χ1v) is 7.62. The maximum atomic E-state index is 13.3. The topological polar surface area (TPSA) is 15.3 Å². The van der Waals surface area contributed by atoms with Crippen LogP contribution in [0.25, 0.3) is 0 Å². The third-order valence-corrected chi connectivity index (χ3v) is 4.30. The van der Waals surface area contributed by atoms with Crippen LogP contribution in [0.4, 0.5) is 18.9 Å². The second kappa shape index (κ2) is 5.52. The van der Waals surface area contributed by atoms with Crippen molar-refractivity contribution in [1.29, 1.82) is 0 Å². The van der Waals surface area contributed by atoms with E-state index in [1.54, 1.807) is 6.07 Å². The Morgan fingerprint density at radius 1 is 1.24 bits per heavy atom. The molecule has 1 saturated carbocycles. The van der Waals surface area contributed by atoms with Gasteiger partial charge in [-0.1, -0.05) is 13.0 Å². The van der Waals surface area contributed by atoms with Crippen molar-refractivity contribution in [1.82, 2.24) is 5.32 Å². The third-order valence-electron chi connectivity index (χ3n) is 4.30. The van der Waals surface area contributed by atoms with Gasteiger partial charge in [0.15, 0.2) is 0 Å². The molecular formula is C16H21F3N2. The number of halogens is 3. The maximum absolute atomic E-state index is 13.3. The summed E-state index contributed by atoms with van der Waals surface area (Å²) in [4.78, 5) is 1.87. The van der Waals surface area contributed by atoms with Crippen LogP contribution >= 0.6 is 0 Å². The average Bonchev–Trinajstić information content (AvgIpc) is 3.16. The molecule has 1 aromatic carbocycles. The average molecular weight is 298 g/mol. The molecule has 2 fully saturated rings. The minimum atomic E-state index is -4.29. The van der Waals surface area contributed by atoms with Gasteiger partial charge in [0.25, 0.3) is 0 Å². The molecule has 0 aromatic heterocycles. The van der Waals surface area contributed by atoms with E-state index >= 15 is 0 Å². The minimum absolute atomic E-state index is 0.335. The standard InChI is InChI=1S/C16H21F3N2/c1-11-6-7-21(10-11)15-5-2-12(9-20-13-3-4-13)8-14(15)16(17,18)19/h2,5,8,11,13,20H,3-4,6-7,9-10H2,1H3. The number of hydrogen-bond donors (Lipinski definition) is 1. The van der Waals surface area contributed by atoms with Crippen molar-refractivity contribution in [2.45, 2.75) is 44.9 Å². The summed E-state index contributed by atoms with van der Waals surface area (Å²) in [5.74, 6) is 0.460. The van der Waals surface area contributed by atoms with Gasteiger partial charge in [0.05, 0.1) is 5.56 Å². The molecule has 1 unspecified atom stereocenters. The Balaban J connectivity index is 1.84. The van der Waals surface area contributed by atoms with Gasteiger partial charge in [-0.05, 0) is 42.9 Å². The Labute approximate surface area is 123 Å². The lowest BCUT2D eigenvalue weighted by atomic mass is 10.1. The predicted octanol–water partition coefficient (Wildman–Crippen LogP) is 3.80. The first-order valence-electron chi connectivity index (χ1n) is 7.62. The fourth-order valence-electron chi connectivity index (χ4n) is 2.90. The molecule has 0 amide bonds. The zero-order valence-corrected chi connectivity index (χ0v) is 12.2. The van der Waals surface area contributed by atoms with Gasteiger partial charge in [-0.15, -0.1) is 0 Å². The highest BCUT2D eigenvalue weighted by atomic mass is 19.4. The lowest BCUT2D eigenvalue weighted by molar-refractivity contribution is -0.137. The van der Waals surface area contributed by atoms with Crippen LogP contribution in [-0.4, -0.2) is 19.1 Å². The number of alkyl halides is 3. The normalized spacial score (nSPS) is 22.9. The second-order valence-corrected chi connectivity index (χ2v) is 6.34. The summed E-state index contributed by atoms with van der Waals surface area (Å²) >= 11 is 0. The summed E-state index contributed by atoms with van der Waals surface area (Å²) in [6.45, 7) is 4.03. The highest BCUT2D eigenvalue weighted by Gasteiger charge is 2.36. The lowest BCUT2D eigenvalue weighted by Crippen LogP contribution is -2.24. The Morgan fingerprint density at radius 2 is 2.00 bits per heavy atom. The van der Waals surface area contributed by atoms with Gasteiger partial charge in [-0.2, -0.15) is 13.2 Å². The summed E-state index contributed by atoms with van der Waals surface area (Å²) in [6, 6.07) is 5.28. The van der Waals surface area contributed by atoms with E-state index in [2.05, 4.69) is 12.2 Å². The van der Waals surface area contributed by atoms with Crippen molar-refractivity contribution in [3.05, 3.63) is 29.3 Å². The molecule has 1 saturated heterocycles. The van der Waals surface area contributed by atoms with E-state index in [-0.39, 0.29) is 0 Å². The van der Waals surface area contributed by atoms with Crippen LogP contribution in [0.3, 0.4) is 0 Å². The lowest BCUT2D eigenvalue weighted by Gasteiger charge is -2.24. The van der Waals surface area contributed by atoms with Crippen molar-refractivity contribution >= 4 is 5.69 Å². The quantitative estimate of drug-likeness (QED) is 0.909. The fraction of sp³-hybridized carbons (Fsp3) is 0.625. The zero-order valence-electron chi connectivity index (χ0n) is 12.2. The molecule has 1 atom stereocenters. The van der Waals surface area contributed by atoms with Crippen LogP contribution in [-0.2, 0) is 12.7 Å². The molecule has 2 nitrogen and oxygen atoms in total. The zero-order chi connectivity index (χ0) is 15.0. The van der Waals surface area contributed by atoms with Gasteiger partial charge in [0.2, 0.25) is 0 Å². The molecule has 1 heterocycles. The Kier molecular flexibility index (Phi) is 3.86. The summed E-state index contributed by atoms with van der Waals surface area (Å²) < 4.78 is 40.0. The van der Waals surface area contributed by atoms with Crippen molar-refractivity contribution in [2.24, 2.45) is 5.92 Å². The van der Waals surface area contributed by atoms with Crippen LogP contribution in [0.5, 0.6) is 0 Å². The highest BCUT2D eigenvalue weighted by Crippen LogP contribution is 2.39. The number of benzene rings is 1. The molecule has 3 rings (SSSR count). The van der Waals surface area contributed by atoms with Gasteiger partial charge >= 0.3 is 6.18 Å². The summed E-state index contributed by atoms with van der Waals surface area (Å²) in [7, 11) is 0. The SMILES string of the molecule is CC1CCN(c2ccc(CNC3CC3)cc2C(F)(F)F)C1. The van der Waals surface area contributed by atoms with Gasteiger partial charge in [0.1, 0.15) is 0 Å². The van der Waals surface area contributed by atoms with Crippen LogP contribution in [0.1, 0.15) is 37.3 Å². The summed E-state index contributed by atoms with van der Waals surface area (Å²) in [5.41, 5.74) is 0.555. The number of nitrogens with one attached hydrogen (secondary N) is 1. The van der Waals surface area contributed by atoms with Gasteiger partial charge in [-0.3, -0.25) is 0 Å². The minimum Gasteiger partial charge on any atom is -0.371 e. The molecule has 1 aliphatic heterocycles. The first kappa shape index (κ1) is 14.7. The molecule has 21 heavy (non-hydrogen) atoms. The molecule has 0 spiro atoms. The maximum Gasteiger partial charge on any atom is 0.418 e. The van der Waals surface area contributed by atoms with Gasteiger partial charge in [-0.25, -0.2) is 0 Å². The Bertz CT molecular complexity index is 509. The van der Waals surface area contributed by atoms with Crippen LogP contribution in [0.15, 0.2) is 18.2 Å². The number of anilines is 1. The van der Waals surface area contributed by atoms with Crippen molar-refractivity contribution < 1.29 is 13.2 Å². The molecule has 5 heteroatoms. The van der Waals surface area contributed by atoms with Crippen LogP contribution in [0, 0.1) is 5.92 Å².